The number of nitro benzene ring substituents is 1. The summed E-state index contributed by atoms with van der Waals surface area (Å²) in [5.41, 5.74) is 2.35. The quantitative estimate of drug-likeness (QED) is 0.337. The van der Waals surface area contributed by atoms with Gasteiger partial charge in [0.05, 0.1) is 9.83 Å². The molecule has 1 aromatic carbocycles. The molecule has 0 unspecified atom stereocenters. The van der Waals surface area contributed by atoms with E-state index < -0.39 is 10.8 Å². The van der Waals surface area contributed by atoms with Crippen LogP contribution in [0.2, 0.25) is 0 Å². The second-order valence-electron chi connectivity index (χ2n) is 5.16. The maximum Gasteiger partial charge on any atom is 0.285 e. The zero-order chi connectivity index (χ0) is 18.6. The van der Waals surface area contributed by atoms with Crippen LogP contribution in [-0.4, -0.2) is 31.2 Å². The summed E-state index contributed by atoms with van der Waals surface area (Å²) in [5.74, 6) is -1.08. The van der Waals surface area contributed by atoms with Gasteiger partial charge in [-0.3, -0.25) is 25.1 Å². The van der Waals surface area contributed by atoms with E-state index in [9.17, 15) is 24.8 Å². The molecule has 132 valence electrons. The molecule has 0 atom stereocenters. The maximum atomic E-state index is 12.4. The molecule has 0 aromatic heterocycles. The molecule has 0 radical (unpaired) electrons. The molecule has 25 heavy (non-hydrogen) atoms. The number of nitrogens with one attached hydrogen (secondary N) is 1. The minimum atomic E-state index is -0.601. The number of phenols is 1. The number of carbonyl (C=O) groups excluding carboxylic acids is 2. The minimum absolute atomic E-state index is 0.118. The summed E-state index contributed by atoms with van der Waals surface area (Å²) in [6.45, 7) is 1.95. The van der Waals surface area contributed by atoms with Crippen molar-refractivity contribution in [2.75, 3.05) is 0 Å². The second kappa shape index (κ2) is 8.08. The molecule has 2 N–H and O–H groups in total. The maximum absolute atomic E-state index is 12.4. The average Bonchev–Trinajstić information content (AvgIpc) is 2.82. The molecule has 8 nitrogen and oxygen atoms in total. The lowest BCUT2D eigenvalue weighted by atomic mass is 10.1. The lowest BCUT2D eigenvalue weighted by Gasteiger charge is -2.15. The molecular weight excluding hydrogens is 366 g/mol. The Balaban J connectivity index is 2.21. The molecule has 2 rings (SSSR count). The van der Waals surface area contributed by atoms with E-state index in [1.807, 2.05) is 6.92 Å². The smallest absolute Gasteiger partial charge is 0.285 e. The molecule has 1 saturated heterocycles. The Hall–Kier alpha value is -2.46. The van der Waals surface area contributed by atoms with Crippen molar-refractivity contribution in [1.82, 2.24) is 10.4 Å². The summed E-state index contributed by atoms with van der Waals surface area (Å²) in [6, 6.07) is 3.49. The summed E-state index contributed by atoms with van der Waals surface area (Å²) in [5, 5.41) is 21.6. The summed E-state index contributed by atoms with van der Waals surface area (Å²) >= 11 is 6.02. The van der Waals surface area contributed by atoms with E-state index in [4.69, 9.17) is 12.2 Å². The van der Waals surface area contributed by atoms with Gasteiger partial charge in [0.25, 0.3) is 11.6 Å². The molecule has 0 saturated carbocycles. The summed E-state index contributed by atoms with van der Waals surface area (Å²) in [6.07, 6.45) is 3.12. The van der Waals surface area contributed by atoms with Crippen molar-refractivity contribution in [3.8, 4) is 5.75 Å². The van der Waals surface area contributed by atoms with Crippen molar-refractivity contribution in [3.05, 3.63) is 38.8 Å². The van der Waals surface area contributed by atoms with Crippen molar-refractivity contribution >= 4 is 51.9 Å². The third-order valence-electron chi connectivity index (χ3n) is 3.30. The van der Waals surface area contributed by atoms with E-state index in [0.717, 1.165) is 35.3 Å². The fraction of sp³-hybridized carbons (Fsp3) is 0.267. The van der Waals surface area contributed by atoms with Crippen LogP contribution in [0.4, 0.5) is 5.69 Å². The molecule has 1 aliphatic heterocycles. The number of carbonyl (C=O) groups is 2. The van der Waals surface area contributed by atoms with E-state index in [1.54, 1.807) is 0 Å². The van der Waals surface area contributed by atoms with Crippen molar-refractivity contribution in [2.45, 2.75) is 26.2 Å². The van der Waals surface area contributed by atoms with Gasteiger partial charge in [-0.15, -0.1) is 0 Å². The van der Waals surface area contributed by atoms with Gasteiger partial charge in [0.15, 0.2) is 4.32 Å². The number of non-ortho nitro benzene ring substituents is 1. The highest BCUT2D eigenvalue weighted by molar-refractivity contribution is 8.26. The largest absolute Gasteiger partial charge is 0.507 e. The van der Waals surface area contributed by atoms with Gasteiger partial charge in [0, 0.05) is 24.1 Å². The fourth-order valence-electron chi connectivity index (χ4n) is 1.99. The number of thioether (sulfide) groups is 1. The summed E-state index contributed by atoms with van der Waals surface area (Å²) in [4.78, 5) is 34.5. The number of rotatable bonds is 6. The van der Waals surface area contributed by atoms with Gasteiger partial charge < -0.3 is 5.11 Å². The standard InChI is InChI=1S/C15H15N3O5S2/c1-2-3-4-13(20)16-17-14(21)12(25-15(17)24)8-9-7-10(18(22)23)5-6-11(9)19/h5-8,19H,2-4H2,1H3,(H,16,20)/b12-8+. The number of thiocarbonyl (C=S) groups is 1. The van der Waals surface area contributed by atoms with Gasteiger partial charge in [-0.2, -0.15) is 5.01 Å². The Morgan fingerprint density at radius 3 is 2.88 bits per heavy atom. The zero-order valence-electron chi connectivity index (χ0n) is 13.2. The molecule has 10 heteroatoms. The van der Waals surface area contributed by atoms with Crippen LogP contribution in [0.3, 0.4) is 0 Å². The number of phenolic OH excluding ortho intramolecular Hbond substituents is 1. The Morgan fingerprint density at radius 2 is 2.24 bits per heavy atom. The highest BCUT2D eigenvalue weighted by Gasteiger charge is 2.33. The Bertz CT molecular complexity index is 778. The van der Waals surface area contributed by atoms with E-state index >= 15 is 0 Å². The SMILES string of the molecule is CCCCC(=O)NN1C(=O)/C(=C\c2cc([N+](=O)[O-])ccc2O)SC1=S. The molecule has 1 heterocycles. The number of hydrogen-bond donors (Lipinski definition) is 2. The number of hydrazine groups is 1. The first-order chi connectivity index (χ1) is 11.8. The van der Waals surface area contributed by atoms with Crippen molar-refractivity contribution in [2.24, 2.45) is 0 Å². The first kappa shape index (κ1) is 18.9. The van der Waals surface area contributed by atoms with Crippen LogP contribution < -0.4 is 5.43 Å². The Labute approximate surface area is 153 Å². The van der Waals surface area contributed by atoms with E-state index in [0.29, 0.717) is 6.42 Å². The van der Waals surface area contributed by atoms with Gasteiger partial charge in [-0.1, -0.05) is 25.1 Å². The van der Waals surface area contributed by atoms with E-state index in [-0.39, 0.29) is 38.6 Å². The monoisotopic (exact) mass is 381 g/mol. The van der Waals surface area contributed by atoms with Gasteiger partial charge >= 0.3 is 0 Å². The molecule has 0 bridgehead atoms. The first-order valence-electron chi connectivity index (χ1n) is 7.38. The number of nitro groups is 1. The third-order valence-corrected chi connectivity index (χ3v) is 4.60. The van der Waals surface area contributed by atoms with E-state index in [1.165, 1.54) is 12.1 Å². The Morgan fingerprint density at radius 1 is 1.52 bits per heavy atom. The molecular formula is C15H15N3O5S2. The van der Waals surface area contributed by atoms with Gasteiger partial charge in [-0.05, 0) is 30.8 Å². The molecule has 1 aliphatic rings. The second-order valence-corrected chi connectivity index (χ2v) is 6.83. The van der Waals surface area contributed by atoms with Gasteiger partial charge in [-0.25, -0.2) is 0 Å². The average molecular weight is 381 g/mol. The number of benzene rings is 1. The molecule has 1 aromatic rings. The number of aromatic hydroxyl groups is 1. The van der Waals surface area contributed by atoms with Crippen LogP contribution in [0.1, 0.15) is 31.7 Å². The molecule has 1 fully saturated rings. The van der Waals surface area contributed by atoms with Crippen molar-refractivity contribution in [1.29, 1.82) is 0 Å². The minimum Gasteiger partial charge on any atom is -0.507 e. The fourth-order valence-corrected chi connectivity index (χ4v) is 3.16. The number of unbranched alkanes of at least 4 members (excludes halogenated alkanes) is 1. The lowest BCUT2D eigenvalue weighted by Crippen LogP contribution is -2.44. The van der Waals surface area contributed by atoms with Gasteiger partial charge in [0.2, 0.25) is 5.91 Å². The van der Waals surface area contributed by atoms with Crippen LogP contribution in [-0.2, 0) is 9.59 Å². The van der Waals surface area contributed by atoms with Crippen LogP contribution in [0.25, 0.3) is 6.08 Å². The topological polar surface area (TPSA) is 113 Å². The first-order valence-corrected chi connectivity index (χ1v) is 8.60. The highest BCUT2D eigenvalue weighted by Crippen LogP contribution is 2.34. The number of hydrogen-bond acceptors (Lipinski definition) is 7. The van der Waals surface area contributed by atoms with Crippen LogP contribution in [0.5, 0.6) is 5.75 Å². The van der Waals surface area contributed by atoms with Crippen LogP contribution >= 0.6 is 24.0 Å². The van der Waals surface area contributed by atoms with Crippen LogP contribution in [0.15, 0.2) is 23.1 Å². The van der Waals surface area contributed by atoms with E-state index in [2.05, 4.69) is 5.43 Å². The summed E-state index contributed by atoms with van der Waals surface area (Å²) in [7, 11) is 0. The van der Waals surface area contributed by atoms with Crippen molar-refractivity contribution < 1.29 is 19.6 Å². The predicted molar refractivity (Wildman–Crippen MR) is 97.4 cm³/mol. The normalized spacial score (nSPS) is 15.7. The molecule has 0 aliphatic carbocycles. The summed E-state index contributed by atoms with van der Waals surface area (Å²) < 4.78 is 0.144. The van der Waals surface area contributed by atoms with Crippen LogP contribution in [0, 0.1) is 10.1 Å². The molecule has 2 amide bonds. The third kappa shape index (κ3) is 4.54. The number of amides is 2. The number of nitrogens with zero attached hydrogens (tertiary/aromatic N) is 2. The lowest BCUT2D eigenvalue weighted by molar-refractivity contribution is -0.384. The predicted octanol–water partition coefficient (Wildman–Crippen LogP) is 2.72. The van der Waals surface area contributed by atoms with Gasteiger partial charge in [0.1, 0.15) is 5.75 Å². The zero-order valence-corrected chi connectivity index (χ0v) is 14.9. The molecule has 0 spiro atoms. The Kier molecular flexibility index (Phi) is 6.10. The van der Waals surface area contributed by atoms with Crippen molar-refractivity contribution in [3.63, 3.8) is 0 Å². The highest BCUT2D eigenvalue weighted by atomic mass is 32.2.